The Labute approximate surface area is 193 Å². The number of benzene rings is 1. The molecule has 0 bridgehead atoms. The average molecular weight is 441 g/mol. The minimum Gasteiger partial charge on any atom is -0.336 e. The monoisotopic (exact) mass is 440 g/mol. The molecule has 176 valence electrons. The highest BCUT2D eigenvalue weighted by Gasteiger charge is 2.36. The second-order valence-electron chi connectivity index (χ2n) is 10.1. The van der Waals surface area contributed by atoms with Gasteiger partial charge in [0.1, 0.15) is 0 Å². The molecule has 1 aromatic carbocycles. The van der Waals surface area contributed by atoms with E-state index in [1.807, 2.05) is 6.07 Å². The molecule has 3 aliphatic rings. The summed E-state index contributed by atoms with van der Waals surface area (Å²) in [5, 5.41) is 6.01. The summed E-state index contributed by atoms with van der Waals surface area (Å²) in [4.78, 5) is 28.4. The standard InChI is InChI=1S/C26H40N4O2/c1-19(31)28-22-14-13-20-11-12-21(25(20)16-22)18-29(2)15-7-6-10-24-17-27-26(32)30(24)23-8-4-3-5-9-23/h13-14,16,21,23-24H,3-12,15,17-18H2,1-2H3,(H,27,32)(H,28,31). The van der Waals surface area contributed by atoms with Crippen molar-refractivity contribution in [2.75, 3.05) is 32.0 Å². The van der Waals surface area contributed by atoms with Gasteiger partial charge in [0.25, 0.3) is 0 Å². The number of carbonyl (C=O) groups is 2. The van der Waals surface area contributed by atoms with E-state index >= 15 is 0 Å². The predicted octanol–water partition coefficient (Wildman–Crippen LogP) is 4.50. The Morgan fingerprint density at radius 2 is 2.00 bits per heavy atom. The minimum atomic E-state index is -0.0159. The number of carbonyl (C=O) groups excluding carboxylic acids is 2. The van der Waals surface area contributed by atoms with E-state index in [4.69, 9.17) is 0 Å². The molecule has 1 saturated carbocycles. The van der Waals surface area contributed by atoms with Crippen molar-refractivity contribution in [2.24, 2.45) is 0 Å². The third-order valence-electron chi connectivity index (χ3n) is 7.61. The molecule has 1 aliphatic heterocycles. The number of nitrogens with one attached hydrogen (secondary N) is 2. The summed E-state index contributed by atoms with van der Waals surface area (Å²) in [5.74, 6) is 0.528. The van der Waals surface area contributed by atoms with Crippen LogP contribution in [-0.2, 0) is 11.2 Å². The quantitative estimate of drug-likeness (QED) is 0.556. The summed E-state index contributed by atoms with van der Waals surface area (Å²) >= 11 is 0. The number of unbranched alkanes of at least 4 members (excludes halogenated alkanes) is 1. The molecule has 0 radical (unpaired) electrons. The number of likely N-dealkylation sites (N-methyl/N-ethyl adjacent to an activating group) is 1. The van der Waals surface area contributed by atoms with Crippen molar-refractivity contribution in [3.63, 3.8) is 0 Å². The number of aryl methyl sites for hydroxylation is 1. The molecule has 6 nitrogen and oxygen atoms in total. The normalized spacial score (nSPS) is 23.5. The Bertz CT molecular complexity index is 805. The van der Waals surface area contributed by atoms with E-state index in [2.05, 4.69) is 39.6 Å². The lowest BCUT2D eigenvalue weighted by Gasteiger charge is -2.34. The van der Waals surface area contributed by atoms with Gasteiger partial charge < -0.3 is 20.4 Å². The van der Waals surface area contributed by atoms with Gasteiger partial charge >= 0.3 is 6.03 Å². The average Bonchev–Trinajstić information content (AvgIpc) is 3.34. The van der Waals surface area contributed by atoms with Crippen molar-refractivity contribution >= 4 is 17.6 Å². The van der Waals surface area contributed by atoms with Crippen LogP contribution in [0.5, 0.6) is 0 Å². The number of hydrogen-bond donors (Lipinski definition) is 2. The van der Waals surface area contributed by atoms with Crippen LogP contribution < -0.4 is 10.6 Å². The maximum Gasteiger partial charge on any atom is 0.318 e. The number of amides is 3. The summed E-state index contributed by atoms with van der Waals surface area (Å²) in [6.07, 6.45) is 12.0. The van der Waals surface area contributed by atoms with E-state index in [0.717, 1.165) is 38.2 Å². The summed E-state index contributed by atoms with van der Waals surface area (Å²) < 4.78 is 0. The molecular weight excluding hydrogens is 400 g/mol. The lowest BCUT2D eigenvalue weighted by molar-refractivity contribution is -0.114. The molecule has 3 amide bonds. The highest BCUT2D eigenvalue weighted by Crippen LogP contribution is 2.35. The lowest BCUT2D eigenvalue weighted by Crippen LogP contribution is -2.43. The van der Waals surface area contributed by atoms with Crippen LogP contribution in [0.15, 0.2) is 18.2 Å². The Kier molecular flexibility index (Phi) is 7.71. The second-order valence-corrected chi connectivity index (χ2v) is 10.1. The fraction of sp³-hybridized carbons (Fsp3) is 0.692. The highest BCUT2D eigenvalue weighted by molar-refractivity contribution is 5.88. The number of hydrogen-bond acceptors (Lipinski definition) is 3. The molecule has 6 heteroatoms. The van der Waals surface area contributed by atoms with Gasteiger partial charge in [-0.1, -0.05) is 31.7 Å². The summed E-state index contributed by atoms with van der Waals surface area (Å²) in [6, 6.07) is 7.37. The Morgan fingerprint density at radius 3 is 2.78 bits per heavy atom. The molecule has 2 unspecified atom stereocenters. The fourth-order valence-electron chi connectivity index (χ4n) is 6.01. The molecule has 1 aromatic rings. The van der Waals surface area contributed by atoms with Crippen LogP contribution >= 0.6 is 0 Å². The zero-order valence-electron chi connectivity index (χ0n) is 19.9. The van der Waals surface area contributed by atoms with Crippen LogP contribution in [0, 0.1) is 0 Å². The van der Waals surface area contributed by atoms with Gasteiger partial charge in [-0.15, -0.1) is 0 Å². The third-order valence-corrected chi connectivity index (χ3v) is 7.61. The van der Waals surface area contributed by atoms with Crippen LogP contribution in [-0.4, -0.2) is 60.5 Å². The van der Waals surface area contributed by atoms with Gasteiger partial charge in [-0.05, 0) is 81.3 Å². The number of anilines is 1. The van der Waals surface area contributed by atoms with E-state index < -0.39 is 0 Å². The van der Waals surface area contributed by atoms with Crippen molar-refractivity contribution in [3.05, 3.63) is 29.3 Å². The molecule has 0 aromatic heterocycles. The molecule has 2 atom stereocenters. The van der Waals surface area contributed by atoms with Crippen LogP contribution in [0.4, 0.5) is 10.5 Å². The van der Waals surface area contributed by atoms with E-state index in [9.17, 15) is 9.59 Å². The van der Waals surface area contributed by atoms with E-state index in [-0.39, 0.29) is 11.9 Å². The number of nitrogens with zero attached hydrogens (tertiary/aromatic N) is 2. The van der Waals surface area contributed by atoms with Crippen molar-refractivity contribution in [3.8, 4) is 0 Å². The fourth-order valence-corrected chi connectivity index (χ4v) is 6.01. The zero-order chi connectivity index (χ0) is 22.5. The lowest BCUT2D eigenvalue weighted by atomic mass is 9.93. The number of urea groups is 1. The molecule has 1 saturated heterocycles. The minimum absolute atomic E-state index is 0.0159. The summed E-state index contributed by atoms with van der Waals surface area (Å²) in [7, 11) is 2.23. The van der Waals surface area contributed by atoms with Gasteiger partial charge in [0.05, 0.1) is 6.04 Å². The molecular formula is C26H40N4O2. The Hall–Kier alpha value is -2.08. The van der Waals surface area contributed by atoms with Crippen molar-refractivity contribution in [2.45, 2.75) is 89.1 Å². The molecule has 4 rings (SSSR count). The first-order valence-corrected chi connectivity index (χ1v) is 12.7. The van der Waals surface area contributed by atoms with Crippen molar-refractivity contribution in [1.29, 1.82) is 0 Å². The van der Waals surface area contributed by atoms with Gasteiger partial charge in [0, 0.05) is 31.7 Å². The predicted molar refractivity (Wildman–Crippen MR) is 129 cm³/mol. The smallest absolute Gasteiger partial charge is 0.318 e. The molecule has 2 aliphatic carbocycles. The topological polar surface area (TPSA) is 64.7 Å². The highest BCUT2D eigenvalue weighted by atomic mass is 16.2. The molecule has 2 fully saturated rings. The molecule has 32 heavy (non-hydrogen) atoms. The third kappa shape index (κ3) is 5.64. The van der Waals surface area contributed by atoms with Crippen LogP contribution in [0.2, 0.25) is 0 Å². The van der Waals surface area contributed by atoms with E-state index in [1.54, 1.807) is 6.92 Å². The Balaban J connectivity index is 1.21. The van der Waals surface area contributed by atoms with Gasteiger partial charge in [0.15, 0.2) is 0 Å². The van der Waals surface area contributed by atoms with Gasteiger partial charge in [-0.25, -0.2) is 4.79 Å². The first kappa shape index (κ1) is 23.1. The molecule has 2 N–H and O–H groups in total. The van der Waals surface area contributed by atoms with E-state index in [0.29, 0.717) is 18.0 Å². The largest absolute Gasteiger partial charge is 0.336 e. The van der Waals surface area contributed by atoms with Crippen LogP contribution in [0.3, 0.4) is 0 Å². The van der Waals surface area contributed by atoms with E-state index in [1.165, 1.54) is 62.5 Å². The van der Waals surface area contributed by atoms with Crippen molar-refractivity contribution < 1.29 is 9.59 Å². The summed E-state index contributed by atoms with van der Waals surface area (Å²) in [6.45, 7) is 4.54. The number of fused-ring (bicyclic) bond motifs is 1. The molecule has 1 heterocycles. The van der Waals surface area contributed by atoms with Gasteiger partial charge in [0.2, 0.25) is 5.91 Å². The van der Waals surface area contributed by atoms with Gasteiger partial charge in [-0.2, -0.15) is 0 Å². The first-order valence-electron chi connectivity index (χ1n) is 12.7. The molecule has 0 spiro atoms. The maximum atomic E-state index is 12.4. The second kappa shape index (κ2) is 10.7. The number of rotatable bonds is 9. The maximum absolute atomic E-state index is 12.4. The van der Waals surface area contributed by atoms with Gasteiger partial charge in [-0.3, -0.25) is 4.79 Å². The SMILES string of the molecule is CC(=O)Nc1ccc2c(c1)C(CN(C)CCCCC1CNC(=O)N1C1CCCCC1)CC2. The summed E-state index contributed by atoms with van der Waals surface area (Å²) in [5.41, 5.74) is 3.74. The van der Waals surface area contributed by atoms with Crippen LogP contribution in [0.25, 0.3) is 0 Å². The van der Waals surface area contributed by atoms with Crippen molar-refractivity contribution in [1.82, 2.24) is 15.1 Å². The zero-order valence-corrected chi connectivity index (χ0v) is 19.9. The Morgan fingerprint density at radius 1 is 1.19 bits per heavy atom. The van der Waals surface area contributed by atoms with Crippen LogP contribution in [0.1, 0.15) is 81.8 Å². The first-order chi connectivity index (χ1) is 15.5.